The van der Waals surface area contributed by atoms with E-state index in [9.17, 15) is 0 Å². The molecule has 0 heterocycles. The van der Waals surface area contributed by atoms with E-state index < -0.39 is 0 Å². The molecule has 0 saturated heterocycles. The van der Waals surface area contributed by atoms with Gasteiger partial charge in [-0.2, -0.15) is 0 Å². The van der Waals surface area contributed by atoms with Gasteiger partial charge in [-0.1, -0.05) is 84.0 Å². The Kier molecular flexibility index (Phi) is 27.9. The molecule has 0 aliphatic carbocycles. The van der Waals surface area contributed by atoms with Crippen LogP contribution in [0.15, 0.2) is 0 Å². The van der Waals surface area contributed by atoms with Crippen LogP contribution in [-0.4, -0.2) is 66.6 Å². The maximum absolute atomic E-state index is 6.80. The Hall–Kier alpha value is 0.460. The summed E-state index contributed by atoms with van der Waals surface area (Å²) in [6.45, 7) is 28.5. The van der Waals surface area contributed by atoms with Crippen LogP contribution in [0.4, 0.5) is 0 Å². The number of halogens is 2. The van der Waals surface area contributed by atoms with Gasteiger partial charge in [-0.25, -0.2) is 0 Å². The quantitative estimate of drug-likeness (QED) is 0.101. The molecule has 0 fully saturated rings. The van der Waals surface area contributed by atoms with Gasteiger partial charge in [0.25, 0.3) is 0 Å². The molecular weight excluding hydrogens is 487 g/mol. The van der Waals surface area contributed by atoms with Crippen LogP contribution in [0.1, 0.15) is 146 Å². The molecule has 5 heteroatoms. The van der Waals surface area contributed by atoms with E-state index in [0.29, 0.717) is 12.3 Å². The fourth-order valence-corrected chi connectivity index (χ4v) is 6.65. The first kappa shape index (κ1) is 40.9. The summed E-state index contributed by atoms with van der Waals surface area (Å²) < 4.78 is 9.14. The van der Waals surface area contributed by atoms with Gasteiger partial charge in [-0.05, 0) is 61.8 Å². The number of ether oxygens (including phenoxy) is 1. The maximum Gasteiger partial charge on any atom is 0.243 e. The Bertz CT molecular complexity index is 419. The van der Waals surface area contributed by atoms with E-state index in [1.54, 1.807) is 0 Å². The Morgan fingerprint density at radius 3 is 1.08 bits per heavy atom. The first-order valence-corrected chi connectivity index (χ1v) is 15.7. The zero-order chi connectivity index (χ0) is 25.9. The Balaban J connectivity index is -0.00000544. The third-order valence-electron chi connectivity index (χ3n) is 9.23. The van der Waals surface area contributed by atoms with Crippen molar-refractivity contribution in [1.82, 2.24) is 0 Å². The lowest BCUT2D eigenvalue weighted by Crippen LogP contribution is -3.00. The van der Waals surface area contributed by atoms with Gasteiger partial charge in [0.2, 0.25) is 6.17 Å². The van der Waals surface area contributed by atoms with Crippen LogP contribution in [0.25, 0.3) is 0 Å². The van der Waals surface area contributed by atoms with Gasteiger partial charge in [0, 0.05) is 0 Å². The van der Waals surface area contributed by atoms with Crippen molar-refractivity contribution in [2.45, 2.75) is 164 Å². The van der Waals surface area contributed by atoms with Gasteiger partial charge >= 0.3 is 0 Å². The van der Waals surface area contributed by atoms with E-state index in [2.05, 4.69) is 62.3 Å². The normalized spacial score (nSPS) is 13.8. The molecular formula is C31H68Cl2N2O. The Labute approximate surface area is 241 Å². The summed E-state index contributed by atoms with van der Waals surface area (Å²) in [5.74, 6) is 0. The molecule has 0 saturated carbocycles. The highest BCUT2D eigenvalue weighted by atomic mass is 35.5. The molecule has 0 radical (unpaired) electrons. The molecule has 222 valence electrons. The summed E-state index contributed by atoms with van der Waals surface area (Å²) in [6, 6.07) is 0. The maximum atomic E-state index is 6.80. The monoisotopic (exact) mass is 554 g/mol. The highest BCUT2D eigenvalue weighted by Crippen LogP contribution is 2.30. The van der Waals surface area contributed by atoms with E-state index in [-0.39, 0.29) is 30.9 Å². The number of quaternary nitrogens is 2. The molecule has 0 amide bonds. The second-order valence-electron chi connectivity index (χ2n) is 11.1. The third kappa shape index (κ3) is 14.0. The highest BCUT2D eigenvalue weighted by Gasteiger charge is 2.50. The number of hydrogen-bond donors (Lipinski definition) is 0. The van der Waals surface area contributed by atoms with Crippen LogP contribution < -0.4 is 24.8 Å². The molecule has 0 spiro atoms. The molecule has 0 aromatic rings. The molecule has 3 nitrogen and oxygen atoms in total. The Morgan fingerprint density at radius 2 is 0.778 bits per heavy atom. The van der Waals surface area contributed by atoms with Gasteiger partial charge in [0.05, 0.1) is 45.4 Å². The minimum atomic E-state index is 0. The molecule has 2 unspecified atom stereocenters. The predicted molar refractivity (Wildman–Crippen MR) is 153 cm³/mol. The topological polar surface area (TPSA) is 9.23 Å². The first-order valence-electron chi connectivity index (χ1n) is 15.7. The number of likely N-dealkylation sites (N-methyl/N-ethyl adjacent to an activating group) is 2. The summed E-state index contributed by atoms with van der Waals surface area (Å²) in [6.07, 6.45) is 19.4. The largest absolute Gasteiger partial charge is 1.00 e. The van der Waals surface area contributed by atoms with Gasteiger partial charge in [-0.15, -0.1) is 0 Å². The van der Waals surface area contributed by atoms with Crippen molar-refractivity contribution in [3.05, 3.63) is 0 Å². The summed E-state index contributed by atoms with van der Waals surface area (Å²) in [5.41, 5.74) is 0. The lowest BCUT2D eigenvalue weighted by atomic mass is 10.0. The molecule has 0 aliphatic rings. The molecule has 0 rings (SSSR count). The third-order valence-corrected chi connectivity index (χ3v) is 9.23. The zero-order valence-corrected chi connectivity index (χ0v) is 27.7. The van der Waals surface area contributed by atoms with E-state index in [4.69, 9.17) is 4.74 Å². The van der Waals surface area contributed by atoms with Crippen LogP contribution in [0.5, 0.6) is 0 Å². The minimum Gasteiger partial charge on any atom is -1.00 e. The summed E-state index contributed by atoms with van der Waals surface area (Å²) in [4.78, 5) is 0. The smallest absolute Gasteiger partial charge is 0.243 e. The van der Waals surface area contributed by atoms with E-state index in [0.717, 1.165) is 0 Å². The molecule has 0 aromatic carbocycles. The molecule has 0 bridgehead atoms. The van der Waals surface area contributed by atoms with Crippen LogP contribution in [-0.2, 0) is 4.74 Å². The van der Waals surface area contributed by atoms with Crippen LogP contribution >= 0.6 is 0 Å². The van der Waals surface area contributed by atoms with Crippen molar-refractivity contribution >= 4 is 0 Å². The molecule has 2 atom stereocenters. The molecule has 36 heavy (non-hydrogen) atoms. The van der Waals surface area contributed by atoms with Gasteiger partial charge in [0.1, 0.15) is 0 Å². The number of hydrogen-bond acceptors (Lipinski definition) is 1. The molecule has 0 aromatic heterocycles. The number of unbranched alkanes of at least 4 members (excludes halogenated alkanes) is 11. The van der Waals surface area contributed by atoms with Crippen LogP contribution in [0.2, 0.25) is 0 Å². The van der Waals surface area contributed by atoms with Gasteiger partial charge in [-0.3, -0.25) is 8.97 Å². The average molecular weight is 556 g/mol. The lowest BCUT2D eigenvalue weighted by Gasteiger charge is -2.54. The number of nitrogens with zero attached hydrogens (tertiary/aromatic N) is 2. The van der Waals surface area contributed by atoms with Gasteiger partial charge in [0.15, 0.2) is 6.10 Å². The van der Waals surface area contributed by atoms with E-state index in [1.165, 1.54) is 132 Å². The number of rotatable bonds is 24. The lowest BCUT2D eigenvalue weighted by molar-refractivity contribution is -1.13. The van der Waals surface area contributed by atoms with Crippen molar-refractivity contribution in [1.29, 1.82) is 0 Å². The highest BCUT2D eigenvalue weighted by molar-refractivity contribution is 4.65. The second kappa shape index (κ2) is 24.5. The SMILES string of the molecule is CCCCCCCCCCCCCCC(C)OC(C)C([N+](CC)(CC)CC)[N+](CC)(CC)CC.[Cl-].[Cl-]. The fraction of sp³-hybridized carbons (Fsp3) is 1.00. The fourth-order valence-electron chi connectivity index (χ4n) is 6.65. The standard InChI is InChI=1S/C31H68N2O.2ClH/c1-10-17-18-19-20-21-22-23-24-25-26-27-28-29(8)34-30(9)31(32(11-2,12-3)13-4)33(14-5,15-6)16-7;;/h29-31H,10-28H2,1-9H3;2*1H/q+2;;/p-2. The first-order chi connectivity index (χ1) is 16.4. The predicted octanol–water partition coefficient (Wildman–Crippen LogP) is 2.96. The molecule has 0 aliphatic heterocycles. The van der Waals surface area contributed by atoms with Crippen molar-refractivity contribution in [3.8, 4) is 0 Å². The Morgan fingerprint density at radius 1 is 0.472 bits per heavy atom. The summed E-state index contributed by atoms with van der Waals surface area (Å²) in [5, 5.41) is 0. The van der Waals surface area contributed by atoms with Crippen molar-refractivity contribution in [3.63, 3.8) is 0 Å². The van der Waals surface area contributed by atoms with E-state index >= 15 is 0 Å². The van der Waals surface area contributed by atoms with Crippen molar-refractivity contribution < 1.29 is 38.5 Å². The molecule has 0 N–H and O–H groups in total. The van der Waals surface area contributed by atoms with Crippen molar-refractivity contribution in [2.75, 3.05) is 39.3 Å². The zero-order valence-electron chi connectivity index (χ0n) is 26.2. The second-order valence-corrected chi connectivity index (χ2v) is 11.1. The van der Waals surface area contributed by atoms with E-state index in [1.807, 2.05) is 0 Å². The van der Waals surface area contributed by atoms with Crippen LogP contribution in [0.3, 0.4) is 0 Å². The minimum absolute atomic E-state index is 0. The van der Waals surface area contributed by atoms with Gasteiger partial charge < -0.3 is 29.6 Å². The summed E-state index contributed by atoms with van der Waals surface area (Å²) in [7, 11) is 0. The van der Waals surface area contributed by atoms with Crippen molar-refractivity contribution in [2.24, 2.45) is 0 Å². The van der Waals surface area contributed by atoms with Crippen LogP contribution in [0, 0.1) is 0 Å². The summed E-state index contributed by atoms with van der Waals surface area (Å²) >= 11 is 0. The average Bonchev–Trinajstić information content (AvgIpc) is 2.85.